The minimum Gasteiger partial charge on any atom is -0.274 e. The number of nitriles is 1. The number of carbonyl (C=O) groups is 2. The molecule has 0 radical (unpaired) electrons. The van der Waals surface area contributed by atoms with E-state index in [9.17, 15) is 18.0 Å². The molecule has 1 aromatic rings. The van der Waals surface area contributed by atoms with Crippen molar-refractivity contribution in [1.82, 2.24) is 0 Å². The van der Waals surface area contributed by atoms with Crippen LogP contribution in [0.5, 0.6) is 0 Å². The summed E-state index contributed by atoms with van der Waals surface area (Å²) in [4.78, 5) is 24.6. The van der Waals surface area contributed by atoms with Crippen LogP contribution >= 0.6 is 11.6 Å². The Hall–Kier alpha value is -1.95. The highest BCUT2D eigenvalue weighted by Crippen LogP contribution is 2.34. The maximum absolute atomic E-state index is 12.1. The Morgan fingerprint density at radius 1 is 1.43 bits per heavy atom. The number of nitrogens with two attached hydrogens (primary N) is 1. The van der Waals surface area contributed by atoms with Gasteiger partial charge in [-0.3, -0.25) is 9.59 Å². The maximum Gasteiger partial charge on any atom is 0.238 e. The summed E-state index contributed by atoms with van der Waals surface area (Å²) in [5.74, 6) is -1.70. The summed E-state index contributed by atoms with van der Waals surface area (Å²) in [5, 5.41) is 13.5. The lowest BCUT2D eigenvalue weighted by Gasteiger charge is -2.16. The highest BCUT2D eigenvalue weighted by molar-refractivity contribution is 7.89. The fourth-order valence-electron chi connectivity index (χ4n) is 2.06. The number of hydrogen-bond donors (Lipinski definition) is 1. The van der Waals surface area contributed by atoms with Gasteiger partial charge in [0, 0.05) is 12.8 Å². The Bertz CT molecular complexity index is 769. The second kappa shape index (κ2) is 5.44. The van der Waals surface area contributed by atoms with Crippen LogP contribution in [0, 0.1) is 17.2 Å². The van der Waals surface area contributed by atoms with Crippen molar-refractivity contribution < 1.29 is 18.0 Å². The van der Waals surface area contributed by atoms with Gasteiger partial charge in [0.25, 0.3) is 0 Å². The predicted molar refractivity (Wildman–Crippen MR) is 73.7 cm³/mol. The molecule has 1 fully saturated rings. The van der Waals surface area contributed by atoms with Gasteiger partial charge < -0.3 is 0 Å². The van der Waals surface area contributed by atoms with Crippen LogP contribution < -0.4 is 10.0 Å². The number of amides is 2. The first-order chi connectivity index (χ1) is 9.75. The number of sulfonamides is 1. The minimum atomic E-state index is -3.93. The smallest absolute Gasteiger partial charge is 0.238 e. The van der Waals surface area contributed by atoms with Crippen LogP contribution in [0.15, 0.2) is 23.1 Å². The molecule has 2 N–H and O–H groups in total. The highest BCUT2D eigenvalue weighted by Gasteiger charge is 2.40. The topological polar surface area (TPSA) is 121 Å². The van der Waals surface area contributed by atoms with Gasteiger partial charge in [0.1, 0.15) is 0 Å². The number of carbonyl (C=O) groups excluding carboxylic acids is 2. The molecule has 2 rings (SSSR count). The summed E-state index contributed by atoms with van der Waals surface area (Å²) < 4.78 is 22.4. The number of hydrogen-bond acceptors (Lipinski definition) is 5. The summed E-state index contributed by atoms with van der Waals surface area (Å²) in [5.41, 5.74) is 0.0829. The lowest BCUT2D eigenvalue weighted by atomic mass is 10.1. The molecule has 2 amide bonds. The van der Waals surface area contributed by atoms with E-state index in [1.807, 2.05) is 6.07 Å². The molecule has 1 saturated heterocycles. The largest absolute Gasteiger partial charge is 0.274 e. The average molecular weight is 328 g/mol. The highest BCUT2D eigenvalue weighted by atomic mass is 35.5. The van der Waals surface area contributed by atoms with E-state index in [0.717, 1.165) is 17.0 Å². The lowest BCUT2D eigenvalue weighted by Crippen LogP contribution is -2.30. The second-order valence-corrected chi connectivity index (χ2v) is 6.46. The van der Waals surface area contributed by atoms with E-state index < -0.39 is 27.8 Å². The molecule has 7 nitrogen and oxygen atoms in total. The molecular formula is C12H10ClN3O4S. The van der Waals surface area contributed by atoms with Crippen LogP contribution in [0.1, 0.15) is 12.8 Å². The SMILES string of the molecule is N#CCC1CC(=O)N(c2ccc(S(N)(=O)=O)cc2Cl)C1=O. The monoisotopic (exact) mass is 327 g/mol. The number of benzene rings is 1. The molecule has 0 aromatic heterocycles. The molecule has 1 aromatic carbocycles. The Balaban J connectivity index is 2.42. The van der Waals surface area contributed by atoms with Crippen LogP contribution in [-0.4, -0.2) is 20.2 Å². The van der Waals surface area contributed by atoms with Crippen molar-refractivity contribution in [2.75, 3.05) is 4.90 Å². The average Bonchev–Trinajstić information content (AvgIpc) is 2.64. The van der Waals surface area contributed by atoms with E-state index in [1.165, 1.54) is 6.07 Å². The zero-order valence-corrected chi connectivity index (χ0v) is 12.2. The van der Waals surface area contributed by atoms with E-state index >= 15 is 0 Å². The number of anilines is 1. The summed E-state index contributed by atoms with van der Waals surface area (Å²) in [7, 11) is -3.93. The molecule has 0 bridgehead atoms. The Morgan fingerprint density at radius 3 is 2.62 bits per heavy atom. The molecule has 1 aliphatic rings. The van der Waals surface area contributed by atoms with E-state index in [2.05, 4.69) is 0 Å². The molecule has 21 heavy (non-hydrogen) atoms. The van der Waals surface area contributed by atoms with Gasteiger partial charge in [-0.15, -0.1) is 0 Å². The Kier molecular flexibility index (Phi) is 4.00. The number of halogens is 1. The molecule has 1 aliphatic heterocycles. The van der Waals surface area contributed by atoms with E-state index in [0.29, 0.717) is 0 Å². The Labute approximate surface area is 125 Å². The van der Waals surface area contributed by atoms with E-state index in [1.54, 1.807) is 0 Å². The molecule has 9 heteroatoms. The van der Waals surface area contributed by atoms with Crippen molar-refractivity contribution in [3.63, 3.8) is 0 Å². The first-order valence-electron chi connectivity index (χ1n) is 5.82. The third-order valence-electron chi connectivity index (χ3n) is 3.07. The van der Waals surface area contributed by atoms with Crippen LogP contribution in [0.2, 0.25) is 5.02 Å². The van der Waals surface area contributed by atoms with Crippen molar-refractivity contribution >= 4 is 39.1 Å². The maximum atomic E-state index is 12.1. The van der Waals surface area contributed by atoms with Gasteiger partial charge >= 0.3 is 0 Å². The normalized spacial score (nSPS) is 18.9. The third kappa shape index (κ3) is 2.90. The first-order valence-corrected chi connectivity index (χ1v) is 7.74. The zero-order valence-electron chi connectivity index (χ0n) is 10.6. The molecule has 110 valence electrons. The molecular weight excluding hydrogens is 318 g/mol. The van der Waals surface area contributed by atoms with Gasteiger partial charge in [-0.05, 0) is 18.2 Å². The van der Waals surface area contributed by atoms with Gasteiger partial charge in [0.05, 0.1) is 27.6 Å². The predicted octanol–water partition coefficient (Wildman–Crippen LogP) is 0.781. The van der Waals surface area contributed by atoms with Crippen LogP contribution in [0.4, 0.5) is 5.69 Å². The standard InChI is InChI=1S/C12H10ClN3O4S/c13-9-6-8(21(15,19)20)1-2-10(9)16-11(17)5-7(3-4-14)12(16)18/h1-2,6-7H,3,5H2,(H2,15,19,20). The van der Waals surface area contributed by atoms with Crippen LogP contribution in [0.25, 0.3) is 0 Å². The molecule has 1 heterocycles. The molecule has 0 aliphatic carbocycles. The van der Waals surface area contributed by atoms with Crippen molar-refractivity contribution in [3.8, 4) is 6.07 Å². The van der Waals surface area contributed by atoms with E-state index in [4.69, 9.17) is 22.0 Å². The van der Waals surface area contributed by atoms with Gasteiger partial charge in [-0.25, -0.2) is 18.5 Å². The summed E-state index contributed by atoms with van der Waals surface area (Å²) in [6.07, 6.45) is -0.131. The minimum absolute atomic E-state index is 0.0616. The summed E-state index contributed by atoms with van der Waals surface area (Å²) >= 11 is 5.94. The number of primary sulfonamides is 1. The van der Waals surface area contributed by atoms with Crippen molar-refractivity contribution in [2.45, 2.75) is 17.7 Å². The van der Waals surface area contributed by atoms with Crippen LogP contribution in [0.3, 0.4) is 0 Å². The number of imide groups is 1. The third-order valence-corrected chi connectivity index (χ3v) is 4.28. The fourth-order valence-corrected chi connectivity index (χ4v) is 2.93. The summed E-state index contributed by atoms with van der Waals surface area (Å²) in [6, 6.07) is 5.33. The fraction of sp³-hybridized carbons (Fsp3) is 0.250. The van der Waals surface area contributed by atoms with Gasteiger partial charge in [0.2, 0.25) is 21.8 Å². The summed E-state index contributed by atoms with van der Waals surface area (Å²) in [6.45, 7) is 0. The van der Waals surface area contributed by atoms with E-state index in [-0.39, 0.29) is 28.4 Å². The quantitative estimate of drug-likeness (QED) is 0.822. The van der Waals surface area contributed by atoms with Crippen molar-refractivity contribution in [1.29, 1.82) is 5.26 Å². The Morgan fingerprint density at radius 2 is 2.10 bits per heavy atom. The van der Waals surface area contributed by atoms with Gasteiger partial charge in [-0.1, -0.05) is 11.6 Å². The molecule has 0 spiro atoms. The molecule has 0 saturated carbocycles. The van der Waals surface area contributed by atoms with Gasteiger partial charge in [0.15, 0.2) is 0 Å². The van der Waals surface area contributed by atoms with Gasteiger partial charge in [-0.2, -0.15) is 5.26 Å². The van der Waals surface area contributed by atoms with Crippen molar-refractivity contribution in [2.24, 2.45) is 11.1 Å². The first kappa shape index (κ1) is 15.4. The lowest BCUT2D eigenvalue weighted by molar-refractivity contribution is -0.122. The molecule has 1 atom stereocenters. The van der Waals surface area contributed by atoms with Crippen molar-refractivity contribution in [3.05, 3.63) is 23.2 Å². The number of nitrogens with zero attached hydrogens (tertiary/aromatic N) is 2. The number of rotatable bonds is 3. The second-order valence-electron chi connectivity index (χ2n) is 4.49. The zero-order chi connectivity index (χ0) is 15.8. The molecule has 1 unspecified atom stereocenters. The van der Waals surface area contributed by atoms with Crippen LogP contribution in [-0.2, 0) is 19.6 Å².